The van der Waals surface area contributed by atoms with Crippen molar-refractivity contribution in [3.63, 3.8) is 0 Å². The standard InChI is InChI=1S/C13H13FN4S/c1-9(8-17-6-2-5-15-17)18-12-7-10(14)3-4-11(12)16-13(18)19/h2-7,9H,8H2,1H3,(H,16,19). The largest absolute Gasteiger partial charge is 0.331 e. The number of H-pyrrole nitrogens is 1. The van der Waals surface area contributed by atoms with Crippen molar-refractivity contribution in [1.82, 2.24) is 19.3 Å². The van der Waals surface area contributed by atoms with Gasteiger partial charge in [0.1, 0.15) is 5.82 Å². The zero-order chi connectivity index (χ0) is 13.4. The number of aromatic nitrogens is 4. The lowest BCUT2D eigenvalue weighted by Gasteiger charge is -2.14. The van der Waals surface area contributed by atoms with Crippen LogP contribution >= 0.6 is 12.2 Å². The molecule has 1 N–H and O–H groups in total. The second-order valence-electron chi connectivity index (χ2n) is 4.54. The Hall–Kier alpha value is -1.95. The van der Waals surface area contributed by atoms with Crippen LogP contribution < -0.4 is 0 Å². The summed E-state index contributed by atoms with van der Waals surface area (Å²) >= 11 is 5.32. The first-order chi connectivity index (χ1) is 9.15. The summed E-state index contributed by atoms with van der Waals surface area (Å²) in [5.41, 5.74) is 1.63. The highest BCUT2D eigenvalue weighted by atomic mass is 32.1. The van der Waals surface area contributed by atoms with E-state index in [1.54, 1.807) is 12.3 Å². The van der Waals surface area contributed by atoms with Crippen LogP contribution in [0.25, 0.3) is 11.0 Å². The number of hydrogen-bond donors (Lipinski definition) is 1. The first kappa shape index (κ1) is 12.1. The van der Waals surface area contributed by atoms with Crippen molar-refractivity contribution in [2.75, 3.05) is 0 Å². The molecule has 1 aromatic carbocycles. The Balaban J connectivity index is 2.06. The average Bonchev–Trinajstić information content (AvgIpc) is 2.95. The number of aromatic amines is 1. The van der Waals surface area contributed by atoms with E-state index in [0.717, 1.165) is 11.0 Å². The smallest absolute Gasteiger partial charge is 0.178 e. The molecule has 1 atom stereocenters. The molecule has 19 heavy (non-hydrogen) atoms. The van der Waals surface area contributed by atoms with E-state index >= 15 is 0 Å². The van der Waals surface area contributed by atoms with Gasteiger partial charge in [-0.15, -0.1) is 0 Å². The molecule has 0 aliphatic heterocycles. The molecule has 3 aromatic rings. The van der Waals surface area contributed by atoms with Crippen LogP contribution in [0, 0.1) is 10.6 Å². The van der Waals surface area contributed by atoms with Gasteiger partial charge in [0.15, 0.2) is 4.77 Å². The molecule has 0 fully saturated rings. The molecule has 1 unspecified atom stereocenters. The van der Waals surface area contributed by atoms with Crippen LogP contribution in [0.1, 0.15) is 13.0 Å². The summed E-state index contributed by atoms with van der Waals surface area (Å²) in [7, 11) is 0. The van der Waals surface area contributed by atoms with Crippen LogP contribution in [0.2, 0.25) is 0 Å². The van der Waals surface area contributed by atoms with Crippen molar-refractivity contribution in [2.45, 2.75) is 19.5 Å². The van der Waals surface area contributed by atoms with Gasteiger partial charge in [0, 0.05) is 12.4 Å². The lowest BCUT2D eigenvalue weighted by atomic mass is 10.2. The maximum absolute atomic E-state index is 13.4. The minimum absolute atomic E-state index is 0.0861. The van der Waals surface area contributed by atoms with E-state index in [1.807, 2.05) is 28.4 Å². The molecule has 0 aliphatic rings. The van der Waals surface area contributed by atoms with Gasteiger partial charge in [-0.25, -0.2) is 4.39 Å². The topological polar surface area (TPSA) is 38.5 Å². The minimum atomic E-state index is -0.262. The summed E-state index contributed by atoms with van der Waals surface area (Å²) in [6, 6.07) is 6.60. The molecule has 2 heterocycles. The normalized spacial score (nSPS) is 12.9. The quantitative estimate of drug-likeness (QED) is 0.745. The Bertz CT molecular complexity index is 757. The van der Waals surface area contributed by atoms with E-state index in [-0.39, 0.29) is 11.9 Å². The van der Waals surface area contributed by atoms with Crippen LogP contribution in [0.3, 0.4) is 0 Å². The molecule has 4 nitrogen and oxygen atoms in total. The fraction of sp³-hybridized carbons (Fsp3) is 0.231. The van der Waals surface area contributed by atoms with Gasteiger partial charge in [0.05, 0.1) is 23.6 Å². The van der Waals surface area contributed by atoms with Gasteiger partial charge in [-0.1, -0.05) is 0 Å². The van der Waals surface area contributed by atoms with Gasteiger partial charge < -0.3 is 9.55 Å². The summed E-state index contributed by atoms with van der Waals surface area (Å²) in [5.74, 6) is -0.262. The predicted octanol–water partition coefficient (Wildman–Crippen LogP) is 3.30. The number of nitrogens with zero attached hydrogens (tertiary/aromatic N) is 3. The Morgan fingerprint density at radius 1 is 1.47 bits per heavy atom. The number of fused-ring (bicyclic) bond motifs is 1. The first-order valence-electron chi connectivity index (χ1n) is 6.02. The van der Waals surface area contributed by atoms with Crippen LogP contribution in [0.4, 0.5) is 4.39 Å². The molecule has 0 amide bonds. The Morgan fingerprint density at radius 2 is 2.32 bits per heavy atom. The lowest BCUT2D eigenvalue weighted by Crippen LogP contribution is -2.13. The summed E-state index contributed by atoms with van der Waals surface area (Å²) < 4.78 is 17.7. The Kier molecular flexibility index (Phi) is 2.94. The van der Waals surface area contributed by atoms with Gasteiger partial charge in [-0.2, -0.15) is 5.10 Å². The summed E-state index contributed by atoms with van der Waals surface area (Å²) in [5, 5.41) is 4.18. The molecule has 0 bridgehead atoms. The average molecular weight is 276 g/mol. The molecule has 6 heteroatoms. The molecule has 0 saturated carbocycles. The second kappa shape index (κ2) is 4.62. The van der Waals surface area contributed by atoms with E-state index in [0.29, 0.717) is 11.3 Å². The molecule has 3 rings (SSSR count). The SMILES string of the molecule is CC(Cn1cccn1)n1c(=S)[nH]c2ccc(F)cc21. The maximum Gasteiger partial charge on any atom is 0.178 e. The number of nitrogens with one attached hydrogen (secondary N) is 1. The number of rotatable bonds is 3. The van der Waals surface area contributed by atoms with Gasteiger partial charge in [0.2, 0.25) is 0 Å². The van der Waals surface area contributed by atoms with E-state index in [9.17, 15) is 4.39 Å². The number of benzene rings is 1. The zero-order valence-corrected chi connectivity index (χ0v) is 11.2. The molecular weight excluding hydrogens is 263 g/mol. The summed E-state index contributed by atoms with van der Waals surface area (Å²) in [6.07, 6.45) is 3.64. The van der Waals surface area contributed by atoms with Gasteiger partial charge in [-0.05, 0) is 43.4 Å². The van der Waals surface area contributed by atoms with E-state index < -0.39 is 0 Å². The second-order valence-corrected chi connectivity index (χ2v) is 4.93. The Morgan fingerprint density at radius 3 is 3.05 bits per heavy atom. The highest BCUT2D eigenvalue weighted by molar-refractivity contribution is 7.71. The molecule has 0 saturated heterocycles. The highest BCUT2D eigenvalue weighted by Crippen LogP contribution is 2.21. The third-order valence-corrected chi connectivity index (χ3v) is 3.43. The van der Waals surface area contributed by atoms with Crippen molar-refractivity contribution in [2.24, 2.45) is 0 Å². The third kappa shape index (κ3) is 2.19. The van der Waals surface area contributed by atoms with Crippen LogP contribution in [-0.2, 0) is 6.54 Å². The number of hydrogen-bond acceptors (Lipinski definition) is 2. The molecule has 98 valence electrons. The summed E-state index contributed by atoms with van der Waals surface area (Å²) in [4.78, 5) is 3.10. The van der Waals surface area contributed by atoms with E-state index in [2.05, 4.69) is 10.1 Å². The van der Waals surface area contributed by atoms with Crippen molar-refractivity contribution < 1.29 is 4.39 Å². The highest BCUT2D eigenvalue weighted by Gasteiger charge is 2.12. The number of imidazole rings is 1. The molecule has 0 radical (unpaired) electrons. The van der Waals surface area contributed by atoms with Gasteiger partial charge in [-0.3, -0.25) is 4.68 Å². The van der Waals surface area contributed by atoms with Crippen molar-refractivity contribution in [1.29, 1.82) is 0 Å². The Labute approximate surface area is 114 Å². The van der Waals surface area contributed by atoms with Gasteiger partial charge >= 0.3 is 0 Å². The molecule has 2 aromatic heterocycles. The lowest BCUT2D eigenvalue weighted by molar-refractivity contribution is 0.442. The monoisotopic (exact) mass is 276 g/mol. The van der Waals surface area contributed by atoms with Crippen molar-refractivity contribution in [3.8, 4) is 0 Å². The van der Waals surface area contributed by atoms with Crippen molar-refractivity contribution in [3.05, 3.63) is 47.2 Å². The fourth-order valence-electron chi connectivity index (χ4n) is 2.29. The number of halogens is 1. The fourth-order valence-corrected chi connectivity index (χ4v) is 2.68. The zero-order valence-electron chi connectivity index (χ0n) is 10.4. The van der Waals surface area contributed by atoms with Crippen LogP contribution in [0.15, 0.2) is 36.7 Å². The summed E-state index contributed by atoms with van der Waals surface area (Å²) in [6.45, 7) is 2.72. The van der Waals surface area contributed by atoms with E-state index in [1.165, 1.54) is 12.1 Å². The minimum Gasteiger partial charge on any atom is -0.331 e. The predicted molar refractivity (Wildman–Crippen MR) is 74.0 cm³/mol. The van der Waals surface area contributed by atoms with Crippen LogP contribution in [0.5, 0.6) is 0 Å². The molecule has 0 aliphatic carbocycles. The molecular formula is C13H13FN4S. The third-order valence-electron chi connectivity index (χ3n) is 3.13. The first-order valence-corrected chi connectivity index (χ1v) is 6.43. The van der Waals surface area contributed by atoms with Crippen LogP contribution in [-0.4, -0.2) is 19.3 Å². The van der Waals surface area contributed by atoms with Crippen molar-refractivity contribution >= 4 is 23.3 Å². The van der Waals surface area contributed by atoms with Gasteiger partial charge in [0.25, 0.3) is 0 Å². The maximum atomic E-state index is 13.4. The molecule has 0 spiro atoms. The van der Waals surface area contributed by atoms with E-state index in [4.69, 9.17) is 12.2 Å².